The zero-order valence-corrected chi connectivity index (χ0v) is 29.7. The Hall–Kier alpha value is -5.41. The minimum atomic E-state index is -1.83. The molecule has 2 saturated heterocycles. The Morgan fingerprint density at radius 3 is 1.55 bits per heavy atom. The van der Waals surface area contributed by atoms with Gasteiger partial charge in [0, 0.05) is 60.6 Å². The first-order valence-electron chi connectivity index (χ1n) is 16.0. The van der Waals surface area contributed by atoms with Crippen LogP contribution in [0.4, 0.5) is 5.69 Å². The number of hydrogen-bond acceptors (Lipinski definition) is 19. The van der Waals surface area contributed by atoms with Gasteiger partial charge in [-0.05, 0) is 12.1 Å². The van der Waals surface area contributed by atoms with E-state index in [1.807, 2.05) is 0 Å². The normalized spacial score (nSPS) is 27.9. The molecule has 1 N–H and O–H groups in total. The molecule has 1 amide bonds. The zero-order valence-electron chi connectivity index (χ0n) is 29.7. The number of hydrogen-bond donors (Lipinski definition) is 1. The van der Waals surface area contributed by atoms with Crippen LogP contribution in [0.2, 0.25) is 0 Å². The number of nitrogens with zero attached hydrogens (tertiary/aromatic N) is 1. The summed E-state index contributed by atoms with van der Waals surface area (Å²) in [5, 5.41) is 13.7. The molecule has 21 nitrogen and oxygen atoms in total. The summed E-state index contributed by atoms with van der Waals surface area (Å²) in [7, 11) is 0. The molecule has 53 heavy (non-hydrogen) atoms. The lowest BCUT2D eigenvalue weighted by Gasteiger charge is -2.49. The molecule has 0 spiro atoms. The van der Waals surface area contributed by atoms with Crippen molar-refractivity contribution in [2.45, 2.75) is 110 Å². The largest absolute Gasteiger partial charge is 0.463 e. The predicted octanol–water partition coefficient (Wildman–Crippen LogP) is 0.166. The molecule has 0 radical (unpaired) electrons. The Balaban J connectivity index is 2.16. The number of carbonyl (C=O) groups is 7. The summed E-state index contributed by atoms with van der Waals surface area (Å²) in [5.41, 5.74) is -0.260. The van der Waals surface area contributed by atoms with Crippen LogP contribution in [-0.2, 0) is 76.2 Å². The number of non-ortho nitro benzene ring substituents is 1. The minimum Gasteiger partial charge on any atom is -0.463 e. The maximum atomic E-state index is 12.6. The molecular formula is C32H40N2O19. The smallest absolute Gasteiger partial charge is 0.303 e. The highest BCUT2D eigenvalue weighted by molar-refractivity contribution is 5.73. The Kier molecular flexibility index (Phi) is 15.0. The van der Waals surface area contributed by atoms with E-state index in [-0.39, 0.29) is 11.4 Å². The van der Waals surface area contributed by atoms with E-state index >= 15 is 0 Å². The van der Waals surface area contributed by atoms with Gasteiger partial charge >= 0.3 is 35.8 Å². The molecule has 10 atom stereocenters. The van der Waals surface area contributed by atoms with Crippen LogP contribution in [0.5, 0.6) is 5.75 Å². The number of ether oxygens (including phenoxy) is 10. The van der Waals surface area contributed by atoms with Crippen LogP contribution in [0.1, 0.15) is 48.5 Å². The lowest BCUT2D eigenvalue weighted by Crippen LogP contribution is -2.69. The van der Waals surface area contributed by atoms with Gasteiger partial charge in [-0.3, -0.25) is 43.7 Å². The number of esters is 6. The van der Waals surface area contributed by atoms with Crippen molar-refractivity contribution in [1.29, 1.82) is 0 Å². The molecule has 2 aliphatic heterocycles. The second-order valence-corrected chi connectivity index (χ2v) is 11.7. The number of nitro groups is 1. The summed E-state index contributed by atoms with van der Waals surface area (Å²) in [4.78, 5) is 96.2. The van der Waals surface area contributed by atoms with Crippen LogP contribution < -0.4 is 10.1 Å². The van der Waals surface area contributed by atoms with E-state index in [4.69, 9.17) is 47.4 Å². The van der Waals surface area contributed by atoms with E-state index in [1.165, 1.54) is 12.1 Å². The quantitative estimate of drug-likeness (QED) is 0.115. The lowest BCUT2D eigenvalue weighted by molar-refractivity contribution is -0.384. The fourth-order valence-electron chi connectivity index (χ4n) is 5.46. The molecule has 2 heterocycles. The van der Waals surface area contributed by atoms with Crippen molar-refractivity contribution in [3.63, 3.8) is 0 Å². The molecule has 2 fully saturated rings. The van der Waals surface area contributed by atoms with E-state index in [0.717, 1.165) is 60.6 Å². The molecule has 1 aromatic carbocycles. The maximum absolute atomic E-state index is 12.6. The number of amides is 1. The highest BCUT2D eigenvalue weighted by atomic mass is 16.8. The van der Waals surface area contributed by atoms with Gasteiger partial charge in [0.25, 0.3) is 5.69 Å². The third-order valence-electron chi connectivity index (χ3n) is 7.31. The van der Waals surface area contributed by atoms with Crippen molar-refractivity contribution < 1.29 is 85.9 Å². The van der Waals surface area contributed by atoms with Crippen LogP contribution in [0.3, 0.4) is 0 Å². The summed E-state index contributed by atoms with van der Waals surface area (Å²) >= 11 is 0. The van der Waals surface area contributed by atoms with Crippen molar-refractivity contribution in [1.82, 2.24) is 5.32 Å². The van der Waals surface area contributed by atoms with Crippen molar-refractivity contribution in [3.05, 3.63) is 34.4 Å². The molecule has 0 unspecified atom stereocenters. The molecule has 0 aliphatic carbocycles. The van der Waals surface area contributed by atoms with Gasteiger partial charge in [-0.25, -0.2) is 0 Å². The number of carbonyl (C=O) groups excluding carboxylic acids is 7. The molecule has 292 valence electrons. The van der Waals surface area contributed by atoms with Gasteiger partial charge in [0.2, 0.25) is 12.2 Å². The number of benzene rings is 1. The zero-order chi connectivity index (χ0) is 39.6. The first-order valence-corrected chi connectivity index (χ1v) is 16.0. The Bertz CT molecular complexity index is 1530. The number of nitro benzene ring substituents is 1. The molecule has 2 aliphatic rings. The second kappa shape index (κ2) is 18.9. The standard InChI is InChI=1S/C32H40N2O19/c1-14(35)33-25-28(47-18(5)39)26(23(12-44-15(2)36)51-31(25)50-22-10-8-21(9-11-22)34(42)43)53-32-30(49-20(7)41)29(48-19(6)40)27(46-17(4)38)24(52-32)13-45-16(3)37/h8-11,23-32H,12-13H2,1-7H3,(H,33,35)/t23-,24-,25-,26-,27+,28-,29+,30-,31-,32+/m1/s1. The highest BCUT2D eigenvalue weighted by Crippen LogP contribution is 2.35. The molecule has 0 aromatic heterocycles. The van der Waals surface area contributed by atoms with Crippen LogP contribution in [-0.4, -0.2) is 121 Å². The summed E-state index contributed by atoms with van der Waals surface area (Å²) < 4.78 is 56.7. The maximum Gasteiger partial charge on any atom is 0.303 e. The molecule has 3 rings (SSSR count). The Labute approximate surface area is 301 Å². The molecule has 1 aromatic rings. The summed E-state index contributed by atoms with van der Waals surface area (Å²) in [6, 6.07) is 3.35. The Morgan fingerprint density at radius 2 is 1.08 bits per heavy atom. The van der Waals surface area contributed by atoms with Crippen molar-refractivity contribution in [2.75, 3.05) is 13.2 Å². The third kappa shape index (κ3) is 12.4. The predicted molar refractivity (Wildman–Crippen MR) is 169 cm³/mol. The van der Waals surface area contributed by atoms with Crippen LogP contribution in [0, 0.1) is 10.1 Å². The monoisotopic (exact) mass is 756 g/mol. The van der Waals surface area contributed by atoms with Gasteiger partial charge in [0.1, 0.15) is 43.3 Å². The topological polar surface area (TPSA) is 267 Å². The van der Waals surface area contributed by atoms with Gasteiger partial charge in [-0.1, -0.05) is 0 Å². The van der Waals surface area contributed by atoms with E-state index in [2.05, 4.69) is 5.32 Å². The van der Waals surface area contributed by atoms with Crippen LogP contribution in [0.15, 0.2) is 24.3 Å². The van der Waals surface area contributed by atoms with Crippen molar-refractivity contribution in [3.8, 4) is 5.75 Å². The van der Waals surface area contributed by atoms with E-state index in [9.17, 15) is 43.7 Å². The van der Waals surface area contributed by atoms with Gasteiger partial charge in [-0.15, -0.1) is 0 Å². The van der Waals surface area contributed by atoms with Crippen LogP contribution >= 0.6 is 0 Å². The van der Waals surface area contributed by atoms with Crippen LogP contribution in [0.25, 0.3) is 0 Å². The summed E-state index contributed by atoms with van der Waals surface area (Å²) in [5.74, 6) is -5.83. The minimum absolute atomic E-state index is 0.0164. The average Bonchev–Trinajstić information content (AvgIpc) is 3.03. The van der Waals surface area contributed by atoms with E-state index in [1.54, 1.807) is 0 Å². The second-order valence-electron chi connectivity index (χ2n) is 11.7. The number of nitrogens with one attached hydrogen (secondary N) is 1. The molecule has 0 saturated carbocycles. The van der Waals surface area contributed by atoms with Crippen molar-refractivity contribution in [2.24, 2.45) is 0 Å². The SMILES string of the molecule is CC(=O)N[C@H]1[C@H](Oc2ccc([N+](=O)[O-])cc2)O[C@H](COC(C)=O)[C@@H](O[C@@H]2O[C@H](COC(C)=O)[C@H](OC(C)=O)[C@H](OC(C)=O)[C@H]2OC(C)=O)[C@@H]1OC(C)=O. The first kappa shape index (κ1) is 42.0. The Morgan fingerprint density at radius 1 is 0.623 bits per heavy atom. The first-order chi connectivity index (χ1) is 24.9. The summed E-state index contributed by atoms with van der Waals surface area (Å²) in [6.07, 6.45) is -14.3. The van der Waals surface area contributed by atoms with E-state index in [0.29, 0.717) is 0 Å². The third-order valence-corrected chi connectivity index (χ3v) is 7.31. The fraction of sp³-hybridized carbons (Fsp3) is 0.594. The van der Waals surface area contributed by atoms with Gasteiger partial charge in [0.15, 0.2) is 30.7 Å². The van der Waals surface area contributed by atoms with E-state index < -0.39 is 121 Å². The average molecular weight is 757 g/mol. The molecular weight excluding hydrogens is 716 g/mol. The van der Waals surface area contributed by atoms with Crippen molar-refractivity contribution >= 4 is 47.4 Å². The lowest BCUT2D eigenvalue weighted by atomic mass is 9.94. The van der Waals surface area contributed by atoms with Gasteiger partial charge in [0.05, 0.1) is 4.92 Å². The van der Waals surface area contributed by atoms with Gasteiger partial charge in [-0.2, -0.15) is 0 Å². The number of rotatable bonds is 14. The highest BCUT2D eigenvalue weighted by Gasteiger charge is 2.57. The molecule has 0 bridgehead atoms. The van der Waals surface area contributed by atoms with Gasteiger partial charge < -0.3 is 52.7 Å². The fourth-order valence-corrected chi connectivity index (χ4v) is 5.46. The molecule has 21 heteroatoms. The summed E-state index contributed by atoms with van der Waals surface area (Å²) in [6.45, 7) is 6.22.